The molecule has 0 radical (unpaired) electrons. The van der Waals surface area contributed by atoms with E-state index in [0.29, 0.717) is 16.9 Å². The molecule has 5 nitrogen and oxygen atoms in total. The van der Waals surface area contributed by atoms with Gasteiger partial charge in [-0.3, -0.25) is 4.79 Å². The summed E-state index contributed by atoms with van der Waals surface area (Å²) in [6, 6.07) is 6.02. The lowest BCUT2D eigenvalue weighted by atomic mass is 9.94. The van der Waals surface area contributed by atoms with Gasteiger partial charge in [0.1, 0.15) is 5.15 Å². The molecule has 0 bridgehead atoms. The monoisotopic (exact) mass is 447 g/mol. The van der Waals surface area contributed by atoms with Crippen molar-refractivity contribution in [2.24, 2.45) is 5.73 Å². The Labute approximate surface area is 176 Å². The molecule has 0 aliphatic carbocycles. The van der Waals surface area contributed by atoms with Crippen LogP contribution in [0, 0.1) is 13.8 Å². The molecular weight excluding hydrogens is 427 g/mol. The number of rotatable bonds is 6. The van der Waals surface area contributed by atoms with E-state index in [0.717, 1.165) is 21.0 Å². The Hall–Kier alpha value is -1.97. The van der Waals surface area contributed by atoms with Crippen LogP contribution >= 0.6 is 23.5 Å². The van der Waals surface area contributed by atoms with Crippen molar-refractivity contribution in [3.63, 3.8) is 0 Å². The Kier molecular flexibility index (Phi) is 7.42. The second-order valence-corrected chi connectivity index (χ2v) is 8.06. The number of carbonyl (C=O) groups excluding carboxylic acids is 1. The van der Waals surface area contributed by atoms with Crippen molar-refractivity contribution in [2.45, 2.75) is 31.8 Å². The number of anilines is 1. The number of nitrogens with two attached hydrogens (primary N) is 1. The van der Waals surface area contributed by atoms with Gasteiger partial charge in [0.05, 0.1) is 37.2 Å². The molecular formula is C19H21ClF3N3O2S. The van der Waals surface area contributed by atoms with E-state index in [4.69, 9.17) is 17.3 Å². The highest BCUT2D eigenvalue weighted by Gasteiger charge is 2.32. The first kappa shape index (κ1) is 23.3. The summed E-state index contributed by atoms with van der Waals surface area (Å²) in [4.78, 5) is 15.7. The standard InChI is InChI=1S/C19H21ClF3N3O2S/c1-10-5-13(26(3)29-19(21,22)23)6-11(2)18(10)12-7-15(25-16(20)8-12)14(24)9-17(27)28-4/h5-8,14H,9,24H2,1-4H3. The van der Waals surface area contributed by atoms with Crippen molar-refractivity contribution >= 4 is 35.2 Å². The first-order chi connectivity index (χ1) is 13.4. The minimum Gasteiger partial charge on any atom is -0.469 e. The number of hydrogen-bond donors (Lipinski definition) is 1. The summed E-state index contributed by atoms with van der Waals surface area (Å²) < 4.78 is 43.7. The zero-order valence-corrected chi connectivity index (χ0v) is 17.9. The molecule has 1 aromatic heterocycles. The van der Waals surface area contributed by atoms with E-state index in [2.05, 4.69) is 9.72 Å². The molecule has 0 amide bonds. The van der Waals surface area contributed by atoms with Crippen molar-refractivity contribution < 1.29 is 22.7 Å². The van der Waals surface area contributed by atoms with Crippen LogP contribution in [0.1, 0.15) is 29.3 Å². The third-order valence-electron chi connectivity index (χ3n) is 4.22. The van der Waals surface area contributed by atoms with Crippen LogP contribution in [-0.4, -0.2) is 30.6 Å². The highest BCUT2D eigenvalue weighted by molar-refractivity contribution is 8.01. The average molecular weight is 448 g/mol. The van der Waals surface area contributed by atoms with Crippen molar-refractivity contribution in [1.29, 1.82) is 0 Å². The number of hydrogen-bond acceptors (Lipinski definition) is 6. The number of nitrogens with zero attached hydrogens (tertiary/aromatic N) is 2. The SMILES string of the molecule is COC(=O)CC(N)c1cc(-c2c(C)cc(N(C)SC(F)(F)F)cc2C)cc(Cl)n1. The van der Waals surface area contributed by atoms with Gasteiger partial charge in [-0.1, -0.05) is 11.6 Å². The Morgan fingerprint density at radius 2 is 1.86 bits per heavy atom. The lowest BCUT2D eigenvalue weighted by Crippen LogP contribution is -2.17. The molecule has 1 heterocycles. The summed E-state index contributed by atoms with van der Waals surface area (Å²) in [6.07, 6.45) is -0.0559. The van der Waals surface area contributed by atoms with Gasteiger partial charge in [0.2, 0.25) is 0 Å². The third-order valence-corrected chi connectivity index (χ3v) is 5.10. The maximum atomic E-state index is 12.7. The summed E-state index contributed by atoms with van der Waals surface area (Å²) in [6.45, 7) is 3.61. The number of esters is 1. The first-order valence-corrected chi connectivity index (χ1v) is 9.67. The predicted molar refractivity (Wildman–Crippen MR) is 110 cm³/mol. The molecule has 1 atom stereocenters. The topological polar surface area (TPSA) is 68.5 Å². The summed E-state index contributed by atoms with van der Waals surface area (Å²) >= 11 is 5.94. The number of pyridine rings is 1. The lowest BCUT2D eigenvalue weighted by molar-refractivity contribution is -0.141. The van der Waals surface area contributed by atoms with E-state index in [9.17, 15) is 18.0 Å². The highest BCUT2D eigenvalue weighted by Crippen LogP contribution is 2.38. The molecule has 0 saturated heterocycles. The summed E-state index contributed by atoms with van der Waals surface area (Å²) in [5.74, 6) is -0.470. The van der Waals surface area contributed by atoms with Crippen molar-refractivity contribution in [3.05, 3.63) is 46.2 Å². The molecule has 0 aliphatic rings. The van der Waals surface area contributed by atoms with E-state index in [-0.39, 0.29) is 23.5 Å². The predicted octanol–water partition coefficient (Wildman–Crippen LogP) is 5.19. The second kappa shape index (κ2) is 9.23. The summed E-state index contributed by atoms with van der Waals surface area (Å²) in [7, 11) is 2.63. The van der Waals surface area contributed by atoms with Crippen molar-refractivity contribution in [2.75, 3.05) is 18.5 Å². The Morgan fingerprint density at radius 3 is 2.38 bits per heavy atom. The molecule has 2 N–H and O–H groups in total. The van der Waals surface area contributed by atoms with Crippen LogP contribution in [0.25, 0.3) is 11.1 Å². The van der Waals surface area contributed by atoms with Gasteiger partial charge in [0.15, 0.2) is 0 Å². The molecule has 0 saturated carbocycles. The Bertz CT molecular complexity index is 886. The molecule has 29 heavy (non-hydrogen) atoms. The smallest absolute Gasteiger partial charge is 0.461 e. The molecule has 10 heteroatoms. The number of aromatic nitrogens is 1. The number of benzene rings is 1. The second-order valence-electron chi connectivity index (χ2n) is 6.48. The van der Waals surface area contributed by atoms with Gasteiger partial charge in [-0.05, 0) is 60.4 Å². The maximum absolute atomic E-state index is 12.7. The van der Waals surface area contributed by atoms with Crippen LogP contribution in [0.5, 0.6) is 0 Å². The van der Waals surface area contributed by atoms with Crippen LogP contribution in [0.2, 0.25) is 5.15 Å². The lowest BCUT2D eigenvalue weighted by Gasteiger charge is -2.22. The van der Waals surface area contributed by atoms with Gasteiger partial charge in [0, 0.05) is 12.7 Å². The molecule has 0 aliphatic heterocycles. The Morgan fingerprint density at radius 1 is 1.28 bits per heavy atom. The molecule has 1 unspecified atom stereocenters. The van der Waals surface area contributed by atoms with Crippen molar-refractivity contribution in [1.82, 2.24) is 4.98 Å². The van der Waals surface area contributed by atoms with E-state index in [1.807, 2.05) is 0 Å². The fourth-order valence-corrected chi connectivity index (χ4v) is 3.74. The summed E-state index contributed by atoms with van der Waals surface area (Å²) in [5.41, 5.74) is 5.58. The summed E-state index contributed by atoms with van der Waals surface area (Å²) in [5, 5.41) is 0.199. The van der Waals surface area contributed by atoms with Gasteiger partial charge >= 0.3 is 11.5 Å². The van der Waals surface area contributed by atoms with Gasteiger partial charge in [-0.15, -0.1) is 0 Å². The van der Waals surface area contributed by atoms with E-state index >= 15 is 0 Å². The van der Waals surface area contributed by atoms with E-state index in [1.54, 1.807) is 38.1 Å². The zero-order valence-electron chi connectivity index (χ0n) is 16.3. The minimum absolute atomic E-state index is 0.0559. The molecule has 158 valence electrons. The zero-order chi connectivity index (χ0) is 21.9. The number of ether oxygens (including phenoxy) is 1. The quantitative estimate of drug-likeness (QED) is 0.373. The van der Waals surface area contributed by atoms with E-state index in [1.165, 1.54) is 14.2 Å². The molecule has 0 fully saturated rings. The molecule has 2 rings (SSSR count). The normalized spacial score (nSPS) is 12.6. The minimum atomic E-state index is -4.38. The fraction of sp³-hybridized carbons (Fsp3) is 0.368. The first-order valence-electron chi connectivity index (χ1n) is 8.52. The van der Waals surface area contributed by atoms with Crippen molar-refractivity contribution in [3.8, 4) is 11.1 Å². The molecule has 1 aromatic carbocycles. The number of aryl methyl sites for hydroxylation is 2. The number of halogens is 4. The molecule has 0 spiro atoms. The average Bonchev–Trinajstić information content (AvgIpc) is 2.58. The van der Waals surface area contributed by atoms with Crippen LogP contribution in [0.3, 0.4) is 0 Å². The van der Waals surface area contributed by atoms with Crippen LogP contribution in [-0.2, 0) is 9.53 Å². The van der Waals surface area contributed by atoms with Gasteiger partial charge in [-0.25, -0.2) is 4.98 Å². The number of methoxy groups -OCH3 is 1. The van der Waals surface area contributed by atoms with Crippen LogP contribution < -0.4 is 10.0 Å². The number of alkyl halides is 3. The maximum Gasteiger partial charge on any atom is 0.461 e. The van der Waals surface area contributed by atoms with Crippen LogP contribution in [0.15, 0.2) is 24.3 Å². The van der Waals surface area contributed by atoms with Gasteiger partial charge < -0.3 is 14.8 Å². The van der Waals surface area contributed by atoms with E-state index < -0.39 is 17.5 Å². The fourth-order valence-electron chi connectivity index (χ4n) is 3.00. The Balaban J connectivity index is 2.43. The highest BCUT2D eigenvalue weighted by atomic mass is 35.5. The number of carbonyl (C=O) groups is 1. The van der Waals surface area contributed by atoms with Crippen LogP contribution in [0.4, 0.5) is 18.9 Å². The van der Waals surface area contributed by atoms with Gasteiger partial charge in [0.25, 0.3) is 0 Å². The van der Waals surface area contributed by atoms with Gasteiger partial charge in [-0.2, -0.15) is 13.2 Å². The third kappa shape index (κ3) is 6.25. The largest absolute Gasteiger partial charge is 0.469 e. The molecule has 2 aromatic rings.